The Balaban J connectivity index is 1.62. The topological polar surface area (TPSA) is 66.6 Å². The fourth-order valence-corrected chi connectivity index (χ4v) is 4.10. The summed E-state index contributed by atoms with van der Waals surface area (Å²) in [6.07, 6.45) is 1.32. The van der Waals surface area contributed by atoms with E-state index < -0.39 is 0 Å². The molecule has 0 bridgehead atoms. The average molecular weight is 333 g/mol. The summed E-state index contributed by atoms with van der Waals surface area (Å²) < 4.78 is 0. The molecule has 6 heteroatoms. The molecule has 2 aliphatic rings. The van der Waals surface area contributed by atoms with Crippen LogP contribution in [-0.2, 0) is 9.59 Å². The predicted octanol–water partition coefficient (Wildman–Crippen LogP) is 1.71. The Hall–Kier alpha value is -1.53. The van der Waals surface area contributed by atoms with Gasteiger partial charge in [0.2, 0.25) is 11.8 Å². The Morgan fingerprint density at radius 3 is 2.91 bits per heavy atom. The van der Waals surface area contributed by atoms with Crippen molar-refractivity contribution in [1.29, 1.82) is 0 Å². The van der Waals surface area contributed by atoms with Crippen molar-refractivity contribution in [3.63, 3.8) is 0 Å². The van der Waals surface area contributed by atoms with Crippen LogP contribution >= 0.6 is 11.8 Å². The van der Waals surface area contributed by atoms with Crippen LogP contribution in [0.2, 0.25) is 0 Å². The summed E-state index contributed by atoms with van der Waals surface area (Å²) in [5, 5.41) is 0. The second-order valence-corrected chi connectivity index (χ2v) is 7.65. The molecule has 23 heavy (non-hydrogen) atoms. The molecule has 5 nitrogen and oxygen atoms in total. The van der Waals surface area contributed by atoms with Gasteiger partial charge in [-0.2, -0.15) is 0 Å². The highest BCUT2D eigenvalue weighted by Gasteiger charge is 2.35. The summed E-state index contributed by atoms with van der Waals surface area (Å²) in [4.78, 5) is 29.4. The van der Waals surface area contributed by atoms with Gasteiger partial charge in [0.05, 0.1) is 11.4 Å². The third-order valence-corrected chi connectivity index (χ3v) is 5.81. The number of carbonyl (C=O) groups is 2. The zero-order chi connectivity index (χ0) is 16.4. The standard InChI is InChI=1S/C17H23N3O2S/c1-17(11-18)7-9-19(12-17)15(21)6-8-20-13-4-2-3-5-14(13)23-10-16(20)22/h2-5H,6-12,18H2,1H3. The third kappa shape index (κ3) is 3.38. The van der Waals surface area contributed by atoms with Gasteiger partial charge in [0.1, 0.15) is 0 Å². The summed E-state index contributed by atoms with van der Waals surface area (Å²) >= 11 is 1.56. The first-order valence-electron chi connectivity index (χ1n) is 8.02. The van der Waals surface area contributed by atoms with Crippen LogP contribution in [0.25, 0.3) is 0 Å². The van der Waals surface area contributed by atoms with Gasteiger partial charge in [-0.1, -0.05) is 19.1 Å². The molecule has 2 aliphatic heterocycles. The van der Waals surface area contributed by atoms with Crippen LogP contribution in [0.5, 0.6) is 0 Å². The van der Waals surface area contributed by atoms with Gasteiger partial charge >= 0.3 is 0 Å². The number of hydrogen-bond donors (Lipinski definition) is 1. The highest BCUT2D eigenvalue weighted by atomic mass is 32.2. The van der Waals surface area contributed by atoms with E-state index in [9.17, 15) is 9.59 Å². The van der Waals surface area contributed by atoms with Crippen LogP contribution in [0.1, 0.15) is 19.8 Å². The molecule has 1 aromatic carbocycles. The van der Waals surface area contributed by atoms with Crippen LogP contribution in [0.4, 0.5) is 5.69 Å². The summed E-state index contributed by atoms with van der Waals surface area (Å²) in [6.45, 7) is 4.68. The Bertz CT molecular complexity index is 622. The summed E-state index contributed by atoms with van der Waals surface area (Å²) in [5.74, 6) is 0.639. The maximum Gasteiger partial charge on any atom is 0.237 e. The Morgan fingerprint density at radius 1 is 1.39 bits per heavy atom. The number of thioether (sulfide) groups is 1. The lowest BCUT2D eigenvalue weighted by Gasteiger charge is -2.29. The minimum absolute atomic E-state index is 0.0415. The molecular weight excluding hydrogens is 310 g/mol. The van der Waals surface area contributed by atoms with E-state index in [1.165, 1.54) is 0 Å². The van der Waals surface area contributed by atoms with Crippen molar-refractivity contribution in [2.75, 3.05) is 36.8 Å². The molecule has 1 atom stereocenters. The average Bonchev–Trinajstić information content (AvgIpc) is 2.97. The number of nitrogens with zero attached hydrogens (tertiary/aromatic N) is 2. The highest BCUT2D eigenvalue weighted by molar-refractivity contribution is 8.00. The van der Waals surface area contributed by atoms with Gasteiger partial charge in [0.15, 0.2) is 0 Å². The van der Waals surface area contributed by atoms with E-state index in [1.807, 2.05) is 29.2 Å². The monoisotopic (exact) mass is 333 g/mol. The van der Waals surface area contributed by atoms with Gasteiger partial charge in [-0.15, -0.1) is 11.8 Å². The number of para-hydroxylation sites is 1. The molecule has 0 aromatic heterocycles. The van der Waals surface area contributed by atoms with E-state index in [0.717, 1.165) is 30.1 Å². The first-order valence-corrected chi connectivity index (χ1v) is 9.01. The lowest BCUT2D eigenvalue weighted by atomic mass is 9.90. The number of amides is 2. The molecule has 3 rings (SSSR count). The minimum atomic E-state index is 0.0415. The lowest BCUT2D eigenvalue weighted by Crippen LogP contribution is -2.40. The molecule has 2 N–H and O–H groups in total. The number of rotatable bonds is 4. The van der Waals surface area contributed by atoms with Gasteiger partial charge in [-0.25, -0.2) is 0 Å². The minimum Gasteiger partial charge on any atom is -0.342 e. The summed E-state index contributed by atoms with van der Waals surface area (Å²) in [7, 11) is 0. The largest absolute Gasteiger partial charge is 0.342 e. The second kappa shape index (κ2) is 6.53. The number of fused-ring (bicyclic) bond motifs is 1. The van der Waals surface area contributed by atoms with Crippen molar-refractivity contribution < 1.29 is 9.59 Å². The fraction of sp³-hybridized carbons (Fsp3) is 0.529. The maximum absolute atomic E-state index is 12.5. The van der Waals surface area contributed by atoms with Gasteiger partial charge in [-0.3, -0.25) is 9.59 Å². The number of nitrogens with two attached hydrogens (primary N) is 1. The van der Waals surface area contributed by atoms with E-state index in [1.54, 1.807) is 16.7 Å². The first kappa shape index (κ1) is 16.3. The Labute approximate surface area is 141 Å². The van der Waals surface area contributed by atoms with Gasteiger partial charge in [0, 0.05) is 31.0 Å². The third-order valence-electron chi connectivity index (χ3n) is 4.76. The number of hydrogen-bond acceptors (Lipinski definition) is 4. The lowest BCUT2D eigenvalue weighted by molar-refractivity contribution is -0.130. The first-order chi connectivity index (χ1) is 11.0. The molecule has 1 fully saturated rings. The van der Waals surface area contributed by atoms with E-state index in [0.29, 0.717) is 25.3 Å². The zero-order valence-electron chi connectivity index (χ0n) is 13.5. The SMILES string of the molecule is CC1(CN)CCN(C(=O)CCN2C(=O)CSc3ccccc32)C1. The molecule has 0 radical (unpaired) electrons. The van der Waals surface area contributed by atoms with E-state index in [2.05, 4.69) is 6.92 Å². The number of likely N-dealkylation sites (tertiary alicyclic amines) is 1. The maximum atomic E-state index is 12.5. The van der Waals surface area contributed by atoms with Gasteiger partial charge in [-0.05, 0) is 30.5 Å². The molecule has 1 unspecified atom stereocenters. The van der Waals surface area contributed by atoms with Crippen molar-refractivity contribution in [1.82, 2.24) is 4.90 Å². The van der Waals surface area contributed by atoms with Gasteiger partial charge in [0.25, 0.3) is 0 Å². The number of carbonyl (C=O) groups excluding carboxylic acids is 2. The molecule has 124 valence electrons. The van der Waals surface area contributed by atoms with Crippen LogP contribution in [-0.4, -0.2) is 48.6 Å². The second-order valence-electron chi connectivity index (χ2n) is 6.63. The van der Waals surface area contributed by atoms with Crippen LogP contribution in [0.3, 0.4) is 0 Å². The molecule has 0 aliphatic carbocycles. The summed E-state index contributed by atoms with van der Waals surface area (Å²) in [6, 6.07) is 7.88. The Kier molecular flexibility index (Phi) is 4.64. The molecule has 1 saturated heterocycles. The normalized spacial score (nSPS) is 24.0. The van der Waals surface area contributed by atoms with E-state index in [-0.39, 0.29) is 17.2 Å². The van der Waals surface area contributed by atoms with Crippen LogP contribution in [0, 0.1) is 5.41 Å². The van der Waals surface area contributed by atoms with E-state index >= 15 is 0 Å². The molecule has 0 spiro atoms. The number of benzene rings is 1. The quantitative estimate of drug-likeness (QED) is 0.911. The van der Waals surface area contributed by atoms with Crippen molar-refractivity contribution in [2.24, 2.45) is 11.1 Å². The smallest absolute Gasteiger partial charge is 0.237 e. The Morgan fingerprint density at radius 2 is 2.17 bits per heavy atom. The fourth-order valence-electron chi connectivity index (χ4n) is 3.17. The van der Waals surface area contributed by atoms with Crippen molar-refractivity contribution in [3.05, 3.63) is 24.3 Å². The molecule has 0 saturated carbocycles. The van der Waals surface area contributed by atoms with E-state index in [4.69, 9.17) is 5.73 Å². The van der Waals surface area contributed by atoms with Crippen LogP contribution < -0.4 is 10.6 Å². The zero-order valence-corrected chi connectivity index (χ0v) is 14.3. The highest BCUT2D eigenvalue weighted by Crippen LogP contribution is 2.35. The summed E-state index contributed by atoms with van der Waals surface area (Å²) in [5.41, 5.74) is 6.77. The van der Waals surface area contributed by atoms with Crippen molar-refractivity contribution in [3.8, 4) is 0 Å². The van der Waals surface area contributed by atoms with Crippen molar-refractivity contribution >= 4 is 29.3 Å². The van der Waals surface area contributed by atoms with Gasteiger partial charge < -0.3 is 15.5 Å². The predicted molar refractivity (Wildman–Crippen MR) is 92.5 cm³/mol. The molecule has 1 aromatic rings. The molecule has 2 heterocycles. The number of anilines is 1. The van der Waals surface area contributed by atoms with Crippen molar-refractivity contribution in [2.45, 2.75) is 24.7 Å². The molecular formula is C17H23N3O2S. The van der Waals surface area contributed by atoms with Crippen LogP contribution in [0.15, 0.2) is 29.2 Å². The molecule has 2 amide bonds.